The second kappa shape index (κ2) is 6.79. The van der Waals surface area contributed by atoms with Gasteiger partial charge in [0.2, 0.25) is 0 Å². The van der Waals surface area contributed by atoms with E-state index in [0.29, 0.717) is 17.6 Å². The molecule has 1 N–H and O–H groups in total. The zero-order chi connectivity index (χ0) is 18.0. The molecule has 1 aromatic carbocycles. The van der Waals surface area contributed by atoms with Crippen molar-refractivity contribution in [1.29, 1.82) is 0 Å². The first-order valence-corrected chi connectivity index (χ1v) is 9.89. The normalized spacial score (nSPS) is 18.8. The molecule has 1 unspecified atom stereocenters. The number of para-hydroxylation sites is 1. The summed E-state index contributed by atoms with van der Waals surface area (Å²) in [4.78, 5) is 30.5. The first-order valence-electron chi connectivity index (χ1n) is 8.07. The van der Waals surface area contributed by atoms with Crippen LogP contribution in [0.15, 0.2) is 36.5 Å². The third-order valence-electron chi connectivity index (χ3n) is 4.33. The van der Waals surface area contributed by atoms with Crippen LogP contribution in [-0.4, -0.2) is 54.2 Å². The summed E-state index contributed by atoms with van der Waals surface area (Å²) in [5, 5.41) is 3.45. The molecule has 3 rings (SSSR count). The van der Waals surface area contributed by atoms with E-state index in [1.165, 1.54) is 4.90 Å². The third kappa shape index (κ3) is 3.63. The average molecular weight is 361 g/mol. The number of carbonyl (C=O) groups is 2. The SMILES string of the molecule is CCN(C(=O)C(=O)Nc1cccc2cccnc12)C1CCS(=O)(=O)C1. The lowest BCUT2D eigenvalue weighted by molar-refractivity contribution is -0.144. The Hall–Kier alpha value is -2.48. The lowest BCUT2D eigenvalue weighted by Crippen LogP contribution is -2.46. The molecule has 0 saturated carbocycles. The average Bonchev–Trinajstić information content (AvgIpc) is 2.95. The Morgan fingerprint density at radius 1 is 1.28 bits per heavy atom. The van der Waals surface area contributed by atoms with Crippen molar-refractivity contribution in [3.05, 3.63) is 36.5 Å². The van der Waals surface area contributed by atoms with Gasteiger partial charge in [-0.1, -0.05) is 18.2 Å². The molecule has 8 heteroatoms. The number of rotatable bonds is 3. The minimum absolute atomic E-state index is 0.0519. The minimum atomic E-state index is -3.13. The predicted octanol–water partition coefficient (Wildman–Crippen LogP) is 1.21. The Morgan fingerprint density at radius 2 is 2.04 bits per heavy atom. The molecule has 2 heterocycles. The molecule has 2 amide bonds. The van der Waals surface area contributed by atoms with Gasteiger partial charge in [0.15, 0.2) is 9.84 Å². The molecular formula is C17H19N3O4S. The molecule has 7 nitrogen and oxygen atoms in total. The van der Waals surface area contributed by atoms with Crippen LogP contribution in [0.25, 0.3) is 10.9 Å². The summed E-state index contributed by atoms with van der Waals surface area (Å²) in [6.07, 6.45) is 1.98. The van der Waals surface area contributed by atoms with Crippen LogP contribution >= 0.6 is 0 Å². The summed E-state index contributed by atoms with van der Waals surface area (Å²) in [6, 6.07) is 8.52. The fourth-order valence-corrected chi connectivity index (χ4v) is 4.83. The van der Waals surface area contributed by atoms with Crippen LogP contribution in [0.3, 0.4) is 0 Å². The second-order valence-electron chi connectivity index (χ2n) is 5.98. The van der Waals surface area contributed by atoms with Crippen LogP contribution in [-0.2, 0) is 19.4 Å². The van der Waals surface area contributed by atoms with Crippen LogP contribution in [0.5, 0.6) is 0 Å². The van der Waals surface area contributed by atoms with Gasteiger partial charge in [-0.05, 0) is 25.5 Å². The van der Waals surface area contributed by atoms with E-state index in [0.717, 1.165) is 5.39 Å². The summed E-state index contributed by atoms with van der Waals surface area (Å²) in [5.41, 5.74) is 1.05. The van der Waals surface area contributed by atoms with Crippen molar-refractivity contribution >= 4 is 38.2 Å². The van der Waals surface area contributed by atoms with Crippen LogP contribution in [0.4, 0.5) is 5.69 Å². The highest BCUT2D eigenvalue weighted by molar-refractivity contribution is 7.91. The maximum Gasteiger partial charge on any atom is 0.313 e. The van der Waals surface area contributed by atoms with Crippen LogP contribution < -0.4 is 5.32 Å². The molecule has 2 aromatic rings. The lowest BCUT2D eigenvalue weighted by Gasteiger charge is -2.26. The van der Waals surface area contributed by atoms with Gasteiger partial charge in [0.05, 0.1) is 22.7 Å². The maximum absolute atomic E-state index is 12.5. The molecule has 1 saturated heterocycles. The van der Waals surface area contributed by atoms with E-state index in [1.54, 1.807) is 31.3 Å². The lowest BCUT2D eigenvalue weighted by atomic mass is 10.2. The maximum atomic E-state index is 12.5. The van der Waals surface area contributed by atoms with Crippen molar-refractivity contribution in [1.82, 2.24) is 9.88 Å². The number of nitrogens with zero attached hydrogens (tertiary/aromatic N) is 2. The molecule has 0 radical (unpaired) electrons. The zero-order valence-corrected chi connectivity index (χ0v) is 14.6. The molecule has 0 aliphatic carbocycles. The highest BCUT2D eigenvalue weighted by Gasteiger charge is 2.36. The number of aromatic nitrogens is 1. The van der Waals surface area contributed by atoms with E-state index in [2.05, 4.69) is 10.3 Å². The fourth-order valence-electron chi connectivity index (χ4n) is 3.10. The van der Waals surface area contributed by atoms with Gasteiger partial charge in [-0.25, -0.2) is 8.42 Å². The number of sulfone groups is 1. The quantitative estimate of drug-likeness (QED) is 0.829. The smallest absolute Gasteiger partial charge is 0.313 e. The van der Waals surface area contributed by atoms with Crippen molar-refractivity contribution in [3.63, 3.8) is 0 Å². The van der Waals surface area contributed by atoms with E-state index in [-0.39, 0.29) is 18.1 Å². The van der Waals surface area contributed by atoms with Crippen LogP contribution in [0, 0.1) is 0 Å². The largest absolute Gasteiger partial charge is 0.331 e. The topological polar surface area (TPSA) is 96.4 Å². The summed E-state index contributed by atoms with van der Waals surface area (Å²) < 4.78 is 23.3. The van der Waals surface area contributed by atoms with E-state index >= 15 is 0 Å². The number of anilines is 1. The number of likely N-dealkylation sites (N-methyl/N-ethyl adjacent to an activating group) is 1. The molecule has 25 heavy (non-hydrogen) atoms. The van der Waals surface area contributed by atoms with Gasteiger partial charge < -0.3 is 10.2 Å². The number of amides is 2. The summed E-state index contributed by atoms with van der Waals surface area (Å²) in [7, 11) is -3.13. The van der Waals surface area contributed by atoms with Gasteiger partial charge in [0.25, 0.3) is 0 Å². The van der Waals surface area contributed by atoms with Gasteiger partial charge in [0.1, 0.15) is 0 Å². The first-order chi connectivity index (χ1) is 11.9. The Morgan fingerprint density at radius 3 is 2.72 bits per heavy atom. The summed E-state index contributed by atoms with van der Waals surface area (Å²) >= 11 is 0. The van der Waals surface area contributed by atoms with Crippen LogP contribution in [0.2, 0.25) is 0 Å². The number of pyridine rings is 1. The molecule has 1 aliphatic rings. The molecular weight excluding hydrogens is 342 g/mol. The molecule has 0 bridgehead atoms. The Kier molecular flexibility index (Phi) is 4.71. The van der Waals surface area contributed by atoms with Crippen molar-refractivity contribution in [2.24, 2.45) is 0 Å². The van der Waals surface area contributed by atoms with Gasteiger partial charge in [-0.2, -0.15) is 0 Å². The van der Waals surface area contributed by atoms with E-state index < -0.39 is 27.7 Å². The van der Waals surface area contributed by atoms with Crippen molar-refractivity contribution in [2.75, 3.05) is 23.4 Å². The Labute approximate surface area is 146 Å². The molecule has 1 aliphatic heterocycles. The number of carbonyl (C=O) groups excluding carboxylic acids is 2. The minimum Gasteiger partial charge on any atom is -0.331 e. The number of fused-ring (bicyclic) bond motifs is 1. The number of benzene rings is 1. The van der Waals surface area contributed by atoms with E-state index in [9.17, 15) is 18.0 Å². The van der Waals surface area contributed by atoms with E-state index in [4.69, 9.17) is 0 Å². The zero-order valence-electron chi connectivity index (χ0n) is 13.8. The monoisotopic (exact) mass is 361 g/mol. The summed E-state index contributed by atoms with van der Waals surface area (Å²) in [6.45, 7) is 2.01. The molecule has 132 valence electrons. The predicted molar refractivity (Wildman–Crippen MR) is 94.8 cm³/mol. The molecule has 1 atom stereocenters. The molecule has 1 aromatic heterocycles. The Balaban J connectivity index is 1.78. The highest BCUT2D eigenvalue weighted by Crippen LogP contribution is 2.22. The van der Waals surface area contributed by atoms with Gasteiger partial charge in [0, 0.05) is 24.2 Å². The molecule has 1 fully saturated rings. The second-order valence-corrected chi connectivity index (χ2v) is 8.21. The fraction of sp³-hybridized carbons (Fsp3) is 0.353. The van der Waals surface area contributed by atoms with Crippen molar-refractivity contribution in [3.8, 4) is 0 Å². The standard InChI is InChI=1S/C17H19N3O4S/c1-2-20(13-8-10-25(23,24)11-13)17(22)16(21)19-14-7-3-5-12-6-4-9-18-15(12)14/h3-7,9,13H,2,8,10-11H2,1H3,(H,19,21). The number of hydrogen-bond acceptors (Lipinski definition) is 5. The van der Waals surface area contributed by atoms with Gasteiger partial charge in [-0.3, -0.25) is 14.6 Å². The third-order valence-corrected chi connectivity index (χ3v) is 6.08. The number of hydrogen-bond donors (Lipinski definition) is 1. The van der Waals surface area contributed by atoms with Crippen LogP contribution in [0.1, 0.15) is 13.3 Å². The first kappa shape index (κ1) is 17.3. The van der Waals surface area contributed by atoms with Crippen molar-refractivity contribution < 1.29 is 18.0 Å². The Bertz CT molecular complexity index is 921. The van der Waals surface area contributed by atoms with Gasteiger partial charge in [-0.15, -0.1) is 0 Å². The number of nitrogens with one attached hydrogen (secondary N) is 1. The van der Waals surface area contributed by atoms with Crippen molar-refractivity contribution in [2.45, 2.75) is 19.4 Å². The summed E-state index contributed by atoms with van der Waals surface area (Å²) in [5.74, 6) is -1.55. The van der Waals surface area contributed by atoms with E-state index in [1.807, 2.05) is 12.1 Å². The van der Waals surface area contributed by atoms with Gasteiger partial charge >= 0.3 is 11.8 Å². The molecule has 0 spiro atoms. The highest BCUT2D eigenvalue weighted by atomic mass is 32.2.